The van der Waals surface area contributed by atoms with E-state index in [2.05, 4.69) is 22.7 Å². The molecule has 1 aromatic heterocycles. The van der Waals surface area contributed by atoms with Crippen LogP contribution in [0, 0.1) is 0 Å². The topological polar surface area (TPSA) is 96.3 Å². The Kier molecular flexibility index (Phi) is 6.54. The molecule has 176 valence electrons. The molecular formula is C25H33N5O3. The van der Waals surface area contributed by atoms with Crippen molar-refractivity contribution in [3.8, 4) is 0 Å². The van der Waals surface area contributed by atoms with Crippen LogP contribution in [0.15, 0.2) is 30.3 Å². The molecular weight excluding hydrogens is 418 g/mol. The predicted molar refractivity (Wildman–Crippen MR) is 125 cm³/mol. The first-order valence-corrected chi connectivity index (χ1v) is 11.9. The lowest BCUT2D eigenvalue weighted by molar-refractivity contribution is -0.133. The molecule has 2 aromatic rings. The quantitative estimate of drug-likeness (QED) is 0.676. The molecule has 2 N–H and O–H groups in total. The lowest BCUT2D eigenvalue weighted by Gasteiger charge is -2.43. The lowest BCUT2D eigenvalue weighted by Crippen LogP contribution is -2.64. The average molecular weight is 452 g/mol. The fraction of sp³-hybridized carbons (Fsp3) is 0.520. The van der Waals surface area contributed by atoms with Crippen molar-refractivity contribution in [2.24, 2.45) is 0 Å². The van der Waals surface area contributed by atoms with Gasteiger partial charge >= 0.3 is 0 Å². The number of amides is 3. The number of nitrogens with one attached hydrogen (secondary N) is 2. The lowest BCUT2D eigenvalue weighted by atomic mass is 9.94. The number of fused-ring (bicyclic) bond motifs is 1. The van der Waals surface area contributed by atoms with Gasteiger partial charge in [-0.1, -0.05) is 44.0 Å². The number of likely N-dealkylation sites (N-methyl/N-ethyl adjacent to an activating group) is 1. The van der Waals surface area contributed by atoms with Crippen LogP contribution in [0.3, 0.4) is 0 Å². The van der Waals surface area contributed by atoms with Crippen LogP contribution in [0.25, 0.3) is 0 Å². The minimum Gasteiger partial charge on any atom is -0.351 e. The van der Waals surface area contributed by atoms with E-state index in [9.17, 15) is 14.4 Å². The molecule has 0 unspecified atom stereocenters. The van der Waals surface area contributed by atoms with E-state index in [1.807, 2.05) is 31.2 Å². The number of aryl methyl sites for hydroxylation is 1. The second-order valence-electron chi connectivity index (χ2n) is 9.20. The summed E-state index contributed by atoms with van der Waals surface area (Å²) in [6.07, 6.45) is 5.14. The summed E-state index contributed by atoms with van der Waals surface area (Å²) in [6, 6.07) is 9.77. The number of nitrogens with zero attached hydrogens (tertiary/aromatic N) is 3. The highest BCUT2D eigenvalue weighted by molar-refractivity contribution is 6.01. The van der Waals surface area contributed by atoms with Crippen LogP contribution >= 0.6 is 0 Å². The molecule has 3 amide bonds. The van der Waals surface area contributed by atoms with Crippen molar-refractivity contribution < 1.29 is 14.4 Å². The predicted octanol–water partition coefficient (Wildman–Crippen LogP) is 2.67. The largest absolute Gasteiger partial charge is 0.351 e. The van der Waals surface area contributed by atoms with E-state index in [0.717, 1.165) is 37.7 Å². The van der Waals surface area contributed by atoms with Gasteiger partial charge in [0.25, 0.3) is 11.8 Å². The van der Waals surface area contributed by atoms with Crippen LogP contribution in [0.4, 0.5) is 0 Å². The van der Waals surface area contributed by atoms with Gasteiger partial charge in [-0.2, -0.15) is 5.10 Å². The van der Waals surface area contributed by atoms with Gasteiger partial charge in [-0.3, -0.25) is 19.1 Å². The van der Waals surface area contributed by atoms with Gasteiger partial charge < -0.3 is 15.5 Å². The number of aromatic nitrogens is 2. The van der Waals surface area contributed by atoms with Crippen molar-refractivity contribution in [1.82, 2.24) is 25.3 Å². The van der Waals surface area contributed by atoms with Crippen molar-refractivity contribution in [2.45, 2.75) is 77.5 Å². The smallest absolute Gasteiger partial charge is 0.273 e. The zero-order chi connectivity index (χ0) is 23.6. The van der Waals surface area contributed by atoms with Crippen molar-refractivity contribution >= 4 is 17.7 Å². The highest BCUT2D eigenvalue weighted by atomic mass is 16.2. The number of hydrogen-bond donors (Lipinski definition) is 2. The Labute approximate surface area is 194 Å². The first-order chi connectivity index (χ1) is 15.9. The summed E-state index contributed by atoms with van der Waals surface area (Å²) in [5.41, 5.74) is 1.70. The number of benzene rings is 1. The molecule has 0 saturated heterocycles. The number of hydrogen-bond acceptors (Lipinski definition) is 4. The molecule has 0 spiro atoms. The Balaban J connectivity index is 1.49. The van der Waals surface area contributed by atoms with Crippen molar-refractivity contribution in [3.05, 3.63) is 52.8 Å². The van der Waals surface area contributed by atoms with Crippen LogP contribution in [-0.4, -0.2) is 50.5 Å². The highest BCUT2D eigenvalue weighted by Crippen LogP contribution is 2.28. The van der Waals surface area contributed by atoms with Gasteiger partial charge in [-0.25, -0.2) is 0 Å². The summed E-state index contributed by atoms with van der Waals surface area (Å²) in [5.74, 6) is -0.786. The summed E-state index contributed by atoms with van der Waals surface area (Å²) >= 11 is 0. The summed E-state index contributed by atoms with van der Waals surface area (Å²) in [6.45, 7) is 6.73. The first-order valence-electron chi connectivity index (χ1n) is 11.9. The van der Waals surface area contributed by atoms with E-state index in [4.69, 9.17) is 0 Å². The maximum absolute atomic E-state index is 13.2. The average Bonchev–Trinajstić information content (AvgIpc) is 3.48. The minimum absolute atomic E-state index is 0.160. The van der Waals surface area contributed by atoms with E-state index in [1.165, 1.54) is 16.3 Å². The SMILES string of the molecule is CCc1ccc(CNC(=O)c2cc3n(n2)C[C@@](C)(C(=O)NC2CCCC2)N(CC)C3=O)cc1. The zero-order valence-electron chi connectivity index (χ0n) is 19.7. The molecule has 4 rings (SSSR count). The molecule has 2 aliphatic rings. The molecule has 1 atom stereocenters. The molecule has 1 fully saturated rings. The monoisotopic (exact) mass is 451 g/mol. The van der Waals surface area contributed by atoms with Gasteiger partial charge in [0.05, 0.1) is 6.54 Å². The molecule has 1 aliphatic heterocycles. The second-order valence-corrected chi connectivity index (χ2v) is 9.20. The molecule has 2 heterocycles. The van der Waals surface area contributed by atoms with Gasteiger partial charge in [-0.15, -0.1) is 0 Å². The first kappa shape index (κ1) is 23.0. The molecule has 1 aromatic carbocycles. The Morgan fingerprint density at radius 1 is 1.12 bits per heavy atom. The third-order valence-corrected chi connectivity index (χ3v) is 6.91. The normalized spacial score (nSPS) is 20.6. The van der Waals surface area contributed by atoms with Crippen LogP contribution in [0.5, 0.6) is 0 Å². The summed E-state index contributed by atoms with van der Waals surface area (Å²) in [5, 5.41) is 10.4. The number of carbonyl (C=O) groups excluding carboxylic acids is 3. The van der Waals surface area contributed by atoms with Crippen molar-refractivity contribution in [3.63, 3.8) is 0 Å². The van der Waals surface area contributed by atoms with E-state index >= 15 is 0 Å². The molecule has 33 heavy (non-hydrogen) atoms. The Hall–Kier alpha value is -3.16. The van der Waals surface area contributed by atoms with Crippen LogP contribution in [0.1, 0.15) is 78.6 Å². The number of carbonyl (C=O) groups is 3. The van der Waals surface area contributed by atoms with Crippen LogP contribution in [0.2, 0.25) is 0 Å². The molecule has 0 bridgehead atoms. The van der Waals surface area contributed by atoms with E-state index in [0.29, 0.717) is 18.8 Å². The van der Waals surface area contributed by atoms with Crippen molar-refractivity contribution in [2.75, 3.05) is 6.54 Å². The summed E-state index contributed by atoms with van der Waals surface area (Å²) < 4.78 is 1.51. The Bertz CT molecular complexity index is 1040. The van der Waals surface area contributed by atoms with Gasteiger partial charge in [-0.05, 0) is 44.2 Å². The summed E-state index contributed by atoms with van der Waals surface area (Å²) in [4.78, 5) is 40.8. The summed E-state index contributed by atoms with van der Waals surface area (Å²) in [7, 11) is 0. The van der Waals surface area contributed by atoms with Crippen LogP contribution < -0.4 is 10.6 Å². The molecule has 8 heteroatoms. The third-order valence-electron chi connectivity index (χ3n) is 6.91. The fourth-order valence-electron chi connectivity index (χ4n) is 4.82. The van der Waals surface area contributed by atoms with Gasteiger partial charge in [0.2, 0.25) is 5.91 Å². The van der Waals surface area contributed by atoms with Gasteiger partial charge in [0, 0.05) is 25.2 Å². The Morgan fingerprint density at radius 3 is 2.42 bits per heavy atom. The van der Waals surface area contributed by atoms with Crippen LogP contribution in [-0.2, 0) is 24.3 Å². The third kappa shape index (κ3) is 4.51. The van der Waals surface area contributed by atoms with E-state index < -0.39 is 5.54 Å². The standard InChI is InChI=1S/C25H33N5O3/c1-4-17-10-12-18(13-11-17)15-26-22(31)20-14-21-23(32)29(5-2)25(3,16-30(21)28-20)24(33)27-19-8-6-7-9-19/h10-14,19H,4-9,15-16H2,1-3H3,(H,26,31)(H,27,33)/t25-/m0/s1. The minimum atomic E-state index is -1.05. The maximum Gasteiger partial charge on any atom is 0.273 e. The van der Waals surface area contributed by atoms with Crippen molar-refractivity contribution in [1.29, 1.82) is 0 Å². The zero-order valence-corrected chi connectivity index (χ0v) is 19.7. The maximum atomic E-state index is 13.2. The molecule has 1 saturated carbocycles. The van der Waals surface area contributed by atoms with Gasteiger partial charge in [0.15, 0.2) is 5.69 Å². The van der Waals surface area contributed by atoms with E-state index in [-0.39, 0.29) is 36.0 Å². The van der Waals surface area contributed by atoms with E-state index in [1.54, 1.807) is 11.8 Å². The highest BCUT2D eigenvalue weighted by Gasteiger charge is 2.48. The molecule has 0 radical (unpaired) electrons. The molecule has 1 aliphatic carbocycles. The number of rotatable bonds is 7. The fourth-order valence-corrected chi connectivity index (χ4v) is 4.82. The molecule has 8 nitrogen and oxygen atoms in total. The second kappa shape index (κ2) is 9.37. The Morgan fingerprint density at radius 2 is 1.79 bits per heavy atom. The van der Waals surface area contributed by atoms with Gasteiger partial charge in [0.1, 0.15) is 11.2 Å².